The number of aliphatic hydroxyl groups excluding tert-OH is 1. The first-order valence-corrected chi connectivity index (χ1v) is 5.23. The fourth-order valence-corrected chi connectivity index (χ4v) is 1.96. The zero-order chi connectivity index (χ0) is 12.4. The summed E-state index contributed by atoms with van der Waals surface area (Å²) in [5.41, 5.74) is 0.760. The molecule has 0 spiro atoms. The molecule has 1 aliphatic heterocycles. The molecule has 1 N–H and O–H groups in total. The Bertz CT molecular complexity index is 495. The molecule has 0 radical (unpaired) electrons. The maximum atomic E-state index is 10.9. The first-order chi connectivity index (χ1) is 8.11. The lowest BCUT2D eigenvalue weighted by Gasteiger charge is -2.17. The molecule has 1 fully saturated rings. The van der Waals surface area contributed by atoms with Crippen molar-refractivity contribution in [3.63, 3.8) is 0 Å². The minimum absolute atomic E-state index is 0.0295. The summed E-state index contributed by atoms with van der Waals surface area (Å²) in [4.78, 5) is 12.2. The summed E-state index contributed by atoms with van der Waals surface area (Å²) in [6.45, 7) is 0.937. The zero-order valence-corrected chi connectivity index (χ0v) is 9.04. The second kappa shape index (κ2) is 4.39. The summed E-state index contributed by atoms with van der Waals surface area (Å²) in [7, 11) is 0. The molecule has 1 aromatic carbocycles. The minimum atomic E-state index is -0.471. The lowest BCUT2D eigenvalue weighted by Crippen LogP contribution is -2.22. The van der Waals surface area contributed by atoms with Crippen LogP contribution in [0.15, 0.2) is 18.2 Å². The number of benzene rings is 1. The molecule has 1 saturated heterocycles. The fraction of sp³-hybridized carbons (Fsp3) is 0.364. The van der Waals surface area contributed by atoms with Gasteiger partial charge in [0.05, 0.1) is 22.7 Å². The van der Waals surface area contributed by atoms with Crippen molar-refractivity contribution in [2.75, 3.05) is 18.0 Å². The van der Waals surface area contributed by atoms with Crippen LogP contribution in [0.2, 0.25) is 0 Å². The maximum Gasteiger partial charge on any atom is 0.292 e. The largest absolute Gasteiger partial charge is 0.391 e. The van der Waals surface area contributed by atoms with Crippen molar-refractivity contribution in [2.24, 2.45) is 0 Å². The summed E-state index contributed by atoms with van der Waals surface area (Å²) in [5.74, 6) is 0. The molecular weight excluding hydrogens is 222 g/mol. The van der Waals surface area contributed by atoms with Gasteiger partial charge >= 0.3 is 0 Å². The molecule has 0 bridgehead atoms. The zero-order valence-electron chi connectivity index (χ0n) is 9.04. The number of aliphatic hydroxyl groups is 1. The lowest BCUT2D eigenvalue weighted by atomic mass is 10.1. The highest BCUT2D eigenvalue weighted by Crippen LogP contribution is 2.31. The predicted octanol–water partition coefficient (Wildman–Crippen LogP) is 1.04. The molecule has 17 heavy (non-hydrogen) atoms. The topological polar surface area (TPSA) is 90.4 Å². The van der Waals surface area contributed by atoms with Gasteiger partial charge in [0.15, 0.2) is 0 Å². The number of nitriles is 1. The molecule has 0 aliphatic carbocycles. The molecule has 2 rings (SSSR count). The van der Waals surface area contributed by atoms with E-state index < -0.39 is 11.0 Å². The monoisotopic (exact) mass is 233 g/mol. The number of hydrogen-bond acceptors (Lipinski definition) is 5. The van der Waals surface area contributed by atoms with Gasteiger partial charge < -0.3 is 10.0 Å². The summed E-state index contributed by atoms with van der Waals surface area (Å²) in [5, 5.41) is 29.1. The van der Waals surface area contributed by atoms with Crippen LogP contribution in [0.5, 0.6) is 0 Å². The van der Waals surface area contributed by atoms with E-state index in [0.29, 0.717) is 30.8 Å². The standard InChI is InChI=1S/C11H11N3O3/c12-6-8-1-2-10(14(16)17)11(5-8)13-4-3-9(15)7-13/h1-2,5,9,15H,3-4,7H2/t9-/m1/s1. The number of nitro benzene ring substituents is 1. The van der Waals surface area contributed by atoms with E-state index in [-0.39, 0.29) is 5.69 Å². The molecule has 88 valence electrons. The number of hydrogen-bond donors (Lipinski definition) is 1. The predicted molar refractivity (Wildman–Crippen MR) is 60.6 cm³/mol. The van der Waals surface area contributed by atoms with E-state index in [1.54, 1.807) is 4.90 Å². The number of β-amino-alcohol motifs (C(OH)–C–C–N with tert-alkyl or cyclic N) is 1. The van der Waals surface area contributed by atoms with Gasteiger partial charge in [-0.3, -0.25) is 10.1 Å². The van der Waals surface area contributed by atoms with Gasteiger partial charge in [0.2, 0.25) is 0 Å². The first kappa shape index (κ1) is 11.4. The lowest BCUT2D eigenvalue weighted by molar-refractivity contribution is -0.384. The summed E-state index contributed by atoms with van der Waals surface area (Å²) in [6.07, 6.45) is 0.133. The molecule has 6 heteroatoms. The quantitative estimate of drug-likeness (QED) is 0.608. The molecule has 1 atom stereocenters. The highest BCUT2D eigenvalue weighted by atomic mass is 16.6. The van der Waals surface area contributed by atoms with Gasteiger partial charge in [-0.2, -0.15) is 5.26 Å². The van der Waals surface area contributed by atoms with Crippen molar-refractivity contribution < 1.29 is 10.0 Å². The smallest absolute Gasteiger partial charge is 0.292 e. The molecule has 6 nitrogen and oxygen atoms in total. The second-order valence-corrected chi connectivity index (χ2v) is 3.96. The normalized spacial score (nSPS) is 19.1. The van der Waals surface area contributed by atoms with E-state index >= 15 is 0 Å². The van der Waals surface area contributed by atoms with Gasteiger partial charge in [0, 0.05) is 19.2 Å². The number of nitrogens with zero attached hydrogens (tertiary/aromatic N) is 3. The molecule has 0 saturated carbocycles. The van der Waals surface area contributed by atoms with Crippen LogP contribution in [0, 0.1) is 21.4 Å². The van der Waals surface area contributed by atoms with Crippen LogP contribution in [0.3, 0.4) is 0 Å². The Labute approximate surface area is 97.8 Å². The second-order valence-electron chi connectivity index (χ2n) is 3.96. The van der Waals surface area contributed by atoms with E-state index in [1.807, 2.05) is 6.07 Å². The average molecular weight is 233 g/mol. The molecule has 1 heterocycles. The van der Waals surface area contributed by atoms with Crippen LogP contribution in [-0.2, 0) is 0 Å². The van der Waals surface area contributed by atoms with Crippen LogP contribution in [0.4, 0.5) is 11.4 Å². The Kier molecular flexibility index (Phi) is 2.93. The van der Waals surface area contributed by atoms with Crippen molar-refractivity contribution in [1.29, 1.82) is 5.26 Å². The van der Waals surface area contributed by atoms with Crippen LogP contribution >= 0.6 is 0 Å². The van der Waals surface area contributed by atoms with Gasteiger partial charge in [0.1, 0.15) is 5.69 Å². The maximum absolute atomic E-state index is 10.9. The first-order valence-electron chi connectivity index (χ1n) is 5.23. The van der Waals surface area contributed by atoms with E-state index in [9.17, 15) is 15.2 Å². The molecule has 0 unspecified atom stereocenters. The third kappa shape index (κ3) is 2.19. The summed E-state index contributed by atoms with van der Waals surface area (Å²) >= 11 is 0. The van der Waals surface area contributed by atoms with Crippen LogP contribution < -0.4 is 4.90 Å². The van der Waals surface area contributed by atoms with E-state index in [2.05, 4.69) is 0 Å². The number of rotatable bonds is 2. The van der Waals surface area contributed by atoms with Crippen LogP contribution in [0.1, 0.15) is 12.0 Å². The van der Waals surface area contributed by atoms with Gasteiger partial charge in [-0.15, -0.1) is 0 Å². The highest BCUT2D eigenvalue weighted by molar-refractivity contribution is 5.66. The molecular formula is C11H11N3O3. The van der Waals surface area contributed by atoms with Crippen molar-refractivity contribution in [2.45, 2.75) is 12.5 Å². The minimum Gasteiger partial charge on any atom is -0.391 e. The molecule has 0 amide bonds. The summed E-state index contributed by atoms with van der Waals surface area (Å²) in [6, 6.07) is 6.21. The Morgan fingerprint density at radius 1 is 1.59 bits per heavy atom. The van der Waals surface area contributed by atoms with Crippen molar-refractivity contribution in [3.05, 3.63) is 33.9 Å². The van der Waals surface area contributed by atoms with Gasteiger partial charge in [0.25, 0.3) is 5.69 Å². The van der Waals surface area contributed by atoms with Crippen molar-refractivity contribution >= 4 is 11.4 Å². The Morgan fingerprint density at radius 2 is 2.35 bits per heavy atom. The number of nitro groups is 1. The SMILES string of the molecule is N#Cc1ccc([N+](=O)[O-])c(N2CC[C@@H](O)C2)c1. The van der Waals surface area contributed by atoms with Gasteiger partial charge in [-0.05, 0) is 18.6 Å². The highest BCUT2D eigenvalue weighted by Gasteiger charge is 2.26. The molecule has 1 aliphatic rings. The number of anilines is 1. The van der Waals surface area contributed by atoms with E-state index in [0.717, 1.165) is 0 Å². The van der Waals surface area contributed by atoms with Gasteiger partial charge in [-0.25, -0.2) is 0 Å². The third-order valence-corrected chi connectivity index (χ3v) is 2.81. The Morgan fingerprint density at radius 3 is 2.88 bits per heavy atom. The van der Waals surface area contributed by atoms with Crippen LogP contribution in [0.25, 0.3) is 0 Å². The third-order valence-electron chi connectivity index (χ3n) is 2.81. The Balaban J connectivity index is 2.42. The Hall–Kier alpha value is -2.13. The van der Waals surface area contributed by atoms with E-state index in [1.165, 1.54) is 18.2 Å². The fourth-order valence-electron chi connectivity index (χ4n) is 1.96. The van der Waals surface area contributed by atoms with Crippen LogP contribution in [-0.4, -0.2) is 29.2 Å². The summed E-state index contributed by atoms with van der Waals surface area (Å²) < 4.78 is 0. The van der Waals surface area contributed by atoms with Crippen molar-refractivity contribution in [1.82, 2.24) is 0 Å². The van der Waals surface area contributed by atoms with Crippen molar-refractivity contribution in [3.8, 4) is 6.07 Å². The molecule has 0 aromatic heterocycles. The van der Waals surface area contributed by atoms with Gasteiger partial charge in [-0.1, -0.05) is 0 Å². The molecule has 1 aromatic rings. The van der Waals surface area contributed by atoms with E-state index in [4.69, 9.17) is 5.26 Å². The average Bonchev–Trinajstić information content (AvgIpc) is 2.75.